The fraction of sp³-hybridized carbons (Fsp3) is 0.150. The van der Waals surface area contributed by atoms with Gasteiger partial charge in [0.2, 0.25) is 0 Å². The summed E-state index contributed by atoms with van der Waals surface area (Å²) in [6.45, 7) is 2.24. The summed E-state index contributed by atoms with van der Waals surface area (Å²) in [5.41, 5.74) is 1.07. The number of carbonyl (C=O) groups excluding carboxylic acids is 1. The van der Waals surface area contributed by atoms with Crippen molar-refractivity contribution < 1.29 is 9.53 Å². The highest BCUT2D eigenvalue weighted by Gasteiger charge is 2.14. The molecule has 3 nitrogen and oxygen atoms in total. The quantitative estimate of drug-likeness (QED) is 0.776. The van der Waals surface area contributed by atoms with Crippen molar-refractivity contribution >= 4 is 16.7 Å². The lowest BCUT2D eigenvalue weighted by atomic mass is 10.1. The molecule has 3 aromatic carbocycles. The number of nitrogens with one attached hydrogen (secondary N) is 1. The van der Waals surface area contributed by atoms with E-state index in [0.717, 1.165) is 5.56 Å². The van der Waals surface area contributed by atoms with E-state index < -0.39 is 6.10 Å². The molecular formula is C20H19NO2. The topological polar surface area (TPSA) is 38.3 Å². The molecule has 0 aliphatic heterocycles. The van der Waals surface area contributed by atoms with E-state index in [9.17, 15) is 4.79 Å². The smallest absolute Gasteiger partial charge is 0.261 e. The number of amides is 1. The summed E-state index contributed by atoms with van der Waals surface area (Å²) in [4.78, 5) is 12.1. The lowest BCUT2D eigenvalue weighted by molar-refractivity contribution is -0.127. The molecule has 0 spiro atoms. The molecule has 3 rings (SSSR count). The Balaban J connectivity index is 1.59. The summed E-state index contributed by atoms with van der Waals surface area (Å²) in [5.74, 6) is 0.572. The molecule has 3 aromatic rings. The number of carbonyl (C=O) groups is 1. The SMILES string of the molecule is CC(Oc1ccccc1)C(=O)NCc1ccc2ccccc2c1. The van der Waals surface area contributed by atoms with E-state index in [1.165, 1.54) is 10.8 Å². The van der Waals surface area contributed by atoms with Crippen LogP contribution >= 0.6 is 0 Å². The van der Waals surface area contributed by atoms with E-state index in [-0.39, 0.29) is 5.91 Å². The number of rotatable bonds is 5. The van der Waals surface area contributed by atoms with Crippen LogP contribution in [0.1, 0.15) is 12.5 Å². The summed E-state index contributed by atoms with van der Waals surface area (Å²) in [6.07, 6.45) is -0.530. The van der Waals surface area contributed by atoms with E-state index >= 15 is 0 Å². The van der Waals surface area contributed by atoms with Gasteiger partial charge < -0.3 is 10.1 Å². The van der Waals surface area contributed by atoms with Crippen molar-refractivity contribution in [3.63, 3.8) is 0 Å². The highest BCUT2D eigenvalue weighted by Crippen LogP contribution is 2.15. The van der Waals surface area contributed by atoms with Crippen LogP contribution in [0.3, 0.4) is 0 Å². The first kappa shape index (κ1) is 15.1. The third-order valence-electron chi connectivity index (χ3n) is 3.71. The summed E-state index contributed by atoms with van der Waals surface area (Å²) in [5, 5.41) is 5.29. The number of hydrogen-bond acceptors (Lipinski definition) is 2. The average Bonchev–Trinajstić information content (AvgIpc) is 2.60. The minimum absolute atomic E-state index is 0.123. The van der Waals surface area contributed by atoms with Gasteiger partial charge >= 0.3 is 0 Å². The molecule has 1 N–H and O–H groups in total. The zero-order valence-electron chi connectivity index (χ0n) is 13.0. The normalized spacial score (nSPS) is 11.9. The Kier molecular flexibility index (Phi) is 4.57. The maximum absolute atomic E-state index is 12.1. The summed E-state index contributed by atoms with van der Waals surface area (Å²) in [7, 11) is 0. The Bertz CT molecular complexity index is 799. The maximum atomic E-state index is 12.1. The second-order valence-electron chi connectivity index (χ2n) is 5.47. The molecule has 0 radical (unpaired) electrons. The predicted octanol–water partition coefficient (Wildman–Crippen LogP) is 3.92. The van der Waals surface area contributed by atoms with Crippen LogP contribution in [0.15, 0.2) is 72.8 Å². The van der Waals surface area contributed by atoms with Gasteiger partial charge in [-0.25, -0.2) is 0 Å². The van der Waals surface area contributed by atoms with Crippen molar-refractivity contribution in [2.45, 2.75) is 19.6 Å². The van der Waals surface area contributed by atoms with Gasteiger partial charge in [0, 0.05) is 6.54 Å². The third-order valence-corrected chi connectivity index (χ3v) is 3.71. The molecule has 0 saturated carbocycles. The van der Waals surface area contributed by atoms with Gasteiger partial charge in [-0.15, -0.1) is 0 Å². The van der Waals surface area contributed by atoms with Gasteiger partial charge in [0.25, 0.3) is 5.91 Å². The van der Waals surface area contributed by atoms with Gasteiger partial charge in [-0.2, -0.15) is 0 Å². The van der Waals surface area contributed by atoms with E-state index in [1.54, 1.807) is 6.92 Å². The molecular weight excluding hydrogens is 286 g/mol. The van der Waals surface area contributed by atoms with Crippen LogP contribution in [0.2, 0.25) is 0 Å². The molecule has 1 amide bonds. The van der Waals surface area contributed by atoms with Crippen molar-refractivity contribution in [2.24, 2.45) is 0 Å². The van der Waals surface area contributed by atoms with Crippen LogP contribution in [0, 0.1) is 0 Å². The van der Waals surface area contributed by atoms with Gasteiger partial charge in [0.1, 0.15) is 5.75 Å². The van der Waals surface area contributed by atoms with E-state index in [1.807, 2.05) is 48.5 Å². The number of fused-ring (bicyclic) bond motifs is 1. The van der Waals surface area contributed by atoms with Gasteiger partial charge in [-0.05, 0) is 41.5 Å². The number of ether oxygens (including phenoxy) is 1. The molecule has 23 heavy (non-hydrogen) atoms. The van der Waals surface area contributed by atoms with Gasteiger partial charge in [0.05, 0.1) is 0 Å². The molecule has 3 heteroatoms. The maximum Gasteiger partial charge on any atom is 0.261 e. The van der Waals surface area contributed by atoms with Crippen molar-refractivity contribution in [1.82, 2.24) is 5.32 Å². The predicted molar refractivity (Wildman–Crippen MR) is 92.3 cm³/mol. The monoisotopic (exact) mass is 305 g/mol. The van der Waals surface area contributed by atoms with Crippen molar-refractivity contribution in [3.05, 3.63) is 78.4 Å². The van der Waals surface area contributed by atoms with Crippen LogP contribution in [-0.4, -0.2) is 12.0 Å². The minimum atomic E-state index is -0.530. The number of hydrogen-bond donors (Lipinski definition) is 1. The zero-order chi connectivity index (χ0) is 16.1. The van der Waals surface area contributed by atoms with Crippen LogP contribution in [0.25, 0.3) is 10.8 Å². The Hall–Kier alpha value is -2.81. The Morgan fingerprint density at radius 1 is 0.957 bits per heavy atom. The number of benzene rings is 3. The molecule has 0 fully saturated rings. The molecule has 116 valence electrons. The molecule has 0 heterocycles. The second kappa shape index (κ2) is 6.97. The zero-order valence-corrected chi connectivity index (χ0v) is 13.0. The lowest BCUT2D eigenvalue weighted by Crippen LogP contribution is -2.35. The van der Waals surface area contributed by atoms with Crippen molar-refractivity contribution in [3.8, 4) is 5.75 Å². The Labute approximate surface area is 135 Å². The first-order valence-electron chi connectivity index (χ1n) is 7.69. The van der Waals surface area contributed by atoms with Crippen molar-refractivity contribution in [1.29, 1.82) is 0 Å². The van der Waals surface area contributed by atoms with Gasteiger partial charge in [0.15, 0.2) is 6.10 Å². The van der Waals surface area contributed by atoms with Gasteiger partial charge in [-0.1, -0.05) is 54.6 Å². The van der Waals surface area contributed by atoms with E-state index in [2.05, 4.69) is 29.6 Å². The van der Waals surface area contributed by atoms with E-state index in [0.29, 0.717) is 12.3 Å². The third kappa shape index (κ3) is 3.89. The number of para-hydroxylation sites is 1. The van der Waals surface area contributed by atoms with E-state index in [4.69, 9.17) is 4.74 Å². The fourth-order valence-electron chi connectivity index (χ4n) is 2.44. The van der Waals surface area contributed by atoms with Crippen LogP contribution < -0.4 is 10.1 Å². The standard InChI is InChI=1S/C20H19NO2/c1-15(23-19-9-3-2-4-10-19)20(22)21-14-16-11-12-17-7-5-6-8-18(17)13-16/h2-13,15H,14H2,1H3,(H,21,22). The molecule has 1 unspecified atom stereocenters. The van der Waals surface area contributed by atoms with Crippen LogP contribution in [0.5, 0.6) is 5.75 Å². The van der Waals surface area contributed by atoms with Crippen LogP contribution in [-0.2, 0) is 11.3 Å². The first-order chi connectivity index (χ1) is 11.2. The first-order valence-corrected chi connectivity index (χ1v) is 7.69. The molecule has 0 saturated heterocycles. The van der Waals surface area contributed by atoms with Gasteiger partial charge in [-0.3, -0.25) is 4.79 Å². The Morgan fingerprint density at radius 3 is 2.43 bits per heavy atom. The highest BCUT2D eigenvalue weighted by atomic mass is 16.5. The fourth-order valence-corrected chi connectivity index (χ4v) is 2.44. The summed E-state index contributed by atoms with van der Waals surface area (Å²) >= 11 is 0. The molecule has 0 bridgehead atoms. The Morgan fingerprint density at radius 2 is 1.65 bits per heavy atom. The highest BCUT2D eigenvalue weighted by molar-refractivity contribution is 5.83. The molecule has 0 aliphatic rings. The largest absolute Gasteiger partial charge is 0.481 e. The molecule has 0 aromatic heterocycles. The average molecular weight is 305 g/mol. The molecule has 1 atom stereocenters. The van der Waals surface area contributed by atoms with Crippen LogP contribution in [0.4, 0.5) is 0 Å². The summed E-state index contributed by atoms with van der Waals surface area (Å²) < 4.78 is 5.62. The lowest BCUT2D eigenvalue weighted by Gasteiger charge is -2.14. The molecule has 0 aliphatic carbocycles. The minimum Gasteiger partial charge on any atom is -0.481 e. The van der Waals surface area contributed by atoms with Crippen molar-refractivity contribution in [2.75, 3.05) is 0 Å². The second-order valence-corrected chi connectivity index (χ2v) is 5.47. The summed E-state index contributed by atoms with van der Waals surface area (Å²) in [6, 6.07) is 23.7.